The smallest absolute Gasteiger partial charge is 0.302 e. The number of piperidine rings is 1. The van der Waals surface area contributed by atoms with Gasteiger partial charge in [-0.2, -0.15) is 0 Å². The molecule has 3 unspecified atom stereocenters. The quantitative estimate of drug-likeness (QED) is 0.600. The van der Waals surface area contributed by atoms with Crippen molar-refractivity contribution in [1.29, 1.82) is 0 Å². The second-order valence-electron chi connectivity index (χ2n) is 3.81. The van der Waals surface area contributed by atoms with Crippen LogP contribution < -0.4 is 0 Å². The molecular formula is C9H16ClNO2. The van der Waals surface area contributed by atoms with Crippen LogP contribution in [0.25, 0.3) is 0 Å². The number of carbonyl (C=O) groups excluding carboxylic acids is 1. The minimum absolute atomic E-state index is 0. The van der Waals surface area contributed by atoms with Crippen LogP contribution in [0.1, 0.15) is 19.8 Å². The number of rotatable bonds is 1. The predicted molar refractivity (Wildman–Crippen MR) is 52.0 cm³/mol. The number of nitrogens with zero attached hydrogens (tertiary/aromatic N) is 1. The third-order valence-electron chi connectivity index (χ3n) is 2.82. The molecule has 76 valence electrons. The summed E-state index contributed by atoms with van der Waals surface area (Å²) in [7, 11) is 0. The van der Waals surface area contributed by atoms with E-state index in [1.54, 1.807) is 0 Å². The molecule has 2 saturated heterocycles. The molecule has 2 rings (SSSR count). The maximum absolute atomic E-state index is 10.7. The molecule has 0 aliphatic carbocycles. The zero-order valence-electron chi connectivity index (χ0n) is 7.86. The highest BCUT2D eigenvalue weighted by atomic mass is 35.5. The summed E-state index contributed by atoms with van der Waals surface area (Å²) >= 11 is 0. The molecule has 0 spiro atoms. The summed E-state index contributed by atoms with van der Waals surface area (Å²) in [5.41, 5.74) is 0. The van der Waals surface area contributed by atoms with Gasteiger partial charge in [-0.3, -0.25) is 9.69 Å². The minimum Gasteiger partial charge on any atom is -0.461 e. The van der Waals surface area contributed by atoms with E-state index in [2.05, 4.69) is 4.90 Å². The first kappa shape index (κ1) is 10.8. The van der Waals surface area contributed by atoms with Crippen molar-refractivity contribution in [2.75, 3.05) is 19.6 Å². The fraction of sp³-hybridized carbons (Fsp3) is 0.889. The summed E-state index contributed by atoms with van der Waals surface area (Å²) in [4.78, 5) is 13.1. The third-order valence-corrected chi connectivity index (χ3v) is 2.82. The Hall–Kier alpha value is -0.280. The van der Waals surface area contributed by atoms with Gasteiger partial charge in [0.1, 0.15) is 6.10 Å². The highest BCUT2D eigenvalue weighted by molar-refractivity contribution is 5.85. The SMILES string of the molecule is CC(=O)OC1CN2CCCC1C2.Cl. The van der Waals surface area contributed by atoms with Gasteiger partial charge >= 0.3 is 5.97 Å². The number of esters is 1. The molecule has 2 bridgehead atoms. The highest BCUT2D eigenvalue weighted by Crippen LogP contribution is 2.28. The van der Waals surface area contributed by atoms with E-state index in [-0.39, 0.29) is 24.5 Å². The predicted octanol–water partition coefficient (Wildman–Crippen LogP) is 1.07. The molecule has 0 N–H and O–H groups in total. The standard InChI is InChI=1S/C9H15NO2.ClH/c1-7(11)12-9-6-10-4-2-3-8(9)5-10;/h8-9H,2-6H2,1H3;1H. The van der Waals surface area contributed by atoms with Crippen LogP contribution in [0.2, 0.25) is 0 Å². The molecule has 0 aromatic carbocycles. The van der Waals surface area contributed by atoms with E-state index in [0.29, 0.717) is 5.92 Å². The molecule has 4 heteroatoms. The normalized spacial score (nSPS) is 36.5. The average Bonchev–Trinajstić information content (AvgIpc) is 2.26. The lowest BCUT2D eigenvalue weighted by molar-refractivity contribution is -0.147. The lowest BCUT2D eigenvalue weighted by Crippen LogP contribution is -2.26. The van der Waals surface area contributed by atoms with E-state index in [0.717, 1.165) is 13.1 Å². The lowest BCUT2D eigenvalue weighted by atomic mass is 9.99. The Morgan fingerprint density at radius 2 is 2.23 bits per heavy atom. The number of hydrogen-bond donors (Lipinski definition) is 0. The van der Waals surface area contributed by atoms with Gasteiger partial charge in [-0.1, -0.05) is 0 Å². The van der Waals surface area contributed by atoms with Crippen molar-refractivity contribution >= 4 is 18.4 Å². The molecule has 0 aromatic rings. The molecule has 3 nitrogen and oxygen atoms in total. The Morgan fingerprint density at radius 3 is 2.85 bits per heavy atom. The summed E-state index contributed by atoms with van der Waals surface area (Å²) in [6.07, 6.45) is 2.68. The van der Waals surface area contributed by atoms with Gasteiger partial charge < -0.3 is 4.74 Å². The van der Waals surface area contributed by atoms with E-state index in [9.17, 15) is 4.79 Å². The molecule has 0 saturated carbocycles. The van der Waals surface area contributed by atoms with Gasteiger partial charge in [0.15, 0.2) is 0 Å². The number of carbonyl (C=O) groups is 1. The van der Waals surface area contributed by atoms with Crippen molar-refractivity contribution < 1.29 is 9.53 Å². The Kier molecular flexibility index (Phi) is 3.56. The van der Waals surface area contributed by atoms with E-state index >= 15 is 0 Å². The zero-order chi connectivity index (χ0) is 8.55. The van der Waals surface area contributed by atoms with Crippen molar-refractivity contribution in [2.45, 2.75) is 25.9 Å². The molecule has 2 aliphatic heterocycles. The van der Waals surface area contributed by atoms with Crippen molar-refractivity contribution in [2.24, 2.45) is 5.92 Å². The van der Waals surface area contributed by atoms with Gasteiger partial charge in [0.05, 0.1) is 0 Å². The van der Waals surface area contributed by atoms with Gasteiger partial charge in [0.2, 0.25) is 0 Å². The minimum atomic E-state index is -0.131. The second kappa shape index (κ2) is 4.29. The third kappa shape index (κ3) is 2.35. The van der Waals surface area contributed by atoms with Gasteiger partial charge in [0, 0.05) is 25.9 Å². The number of fused-ring (bicyclic) bond motifs is 2. The summed E-state index contributed by atoms with van der Waals surface area (Å²) < 4.78 is 5.24. The Labute approximate surface area is 84.8 Å². The molecule has 2 aliphatic rings. The molecule has 3 atom stereocenters. The Morgan fingerprint density at radius 1 is 1.46 bits per heavy atom. The van der Waals surface area contributed by atoms with Crippen LogP contribution in [-0.4, -0.2) is 36.6 Å². The summed E-state index contributed by atoms with van der Waals surface area (Å²) in [5.74, 6) is 0.483. The fourth-order valence-corrected chi connectivity index (χ4v) is 2.31. The van der Waals surface area contributed by atoms with Crippen LogP contribution in [0.5, 0.6) is 0 Å². The first-order valence-corrected chi connectivity index (χ1v) is 4.65. The van der Waals surface area contributed by atoms with Gasteiger partial charge in [-0.15, -0.1) is 12.4 Å². The maximum atomic E-state index is 10.7. The number of halogens is 1. The molecule has 0 radical (unpaired) electrons. The van der Waals surface area contributed by atoms with Crippen LogP contribution >= 0.6 is 12.4 Å². The Bertz CT molecular complexity index is 198. The molecule has 2 fully saturated rings. The molecule has 2 heterocycles. The maximum Gasteiger partial charge on any atom is 0.302 e. The van der Waals surface area contributed by atoms with Crippen LogP contribution in [0.4, 0.5) is 0 Å². The van der Waals surface area contributed by atoms with Crippen molar-refractivity contribution in [3.05, 3.63) is 0 Å². The lowest BCUT2D eigenvalue weighted by Gasteiger charge is -2.21. The first-order chi connectivity index (χ1) is 5.75. The zero-order valence-corrected chi connectivity index (χ0v) is 8.68. The van der Waals surface area contributed by atoms with Crippen LogP contribution in [0.15, 0.2) is 0 Å². The van der Waals surface area contributed by atoms with Crippen molar-refractivity contribution in [1.82, 2.24) is 4.90 Å². The Balaban J connectivity index is 0.000000845. The molecule has 0 aromatic heterocycles. The van der Waals surface area contributed by atoms with Crippen LogP contribution in [-0.2, 0) is 9.53 Å². The molecular weight excluding hydrogens is 190 g/mol. The molecule has 0 amide bonds. The molecule has 13 heavy (non-hydrogen) atoms. The van der Waals surface area contributed by atoms with Crippen LogP contribution in [0, 0.1) is 5.92 Å². The van der Waals surface area contributed by atoms with Gasteiger partial charge in [0.25, 0.3) is 0 Å². The monoisotopic (exact) mass is 205 g/mol. The van der Waals surface area contributed by atoms with E-state index in [1.807, 2.05) is 0 Å². The highest BCUT2D eigenvalue weighted by Gasteiger charge is 2.37. The summed E-state index contributed by atoms with van der Waals surface area (Å²) in [6, 6.07) is 0. The average molecular weight is 206 g/mol. The van der Waals surface area contributed by atoms with E-state index < -0.39 is 0 Å². The van der Waals surface area contributed by atoms with Gasteiger partial charge in [-0.25, -0.2) is 0 Å². The topological polar surface area (TPSA) is 29.5 Å². The number of ether oxygens (including phenoxy) is 1. The number of hydrogen-bond acceptors (Lipinski definition) is 3. The fourth-order valence-electron chi connectivity index (χ4n) is 2.31. The van der Waals surface area contributed by atoms with E-state index in [4.69, 9.17) is 4.74 Å². The van der Waals surface area contributed by atoms with Gasteiger partial charge in [-0.05, 0) is 19.4 Å². The van der Waals surface area contributed by atoms with E-state index in [1.165, 1.54) is 26.3 Å². The summed E-state index contributed by atoms with van der Waals surface area (Å²) in [6.45, 7) is 4.79. The first-order valence-electron chi connectivity index (χ1n) is 4.65. The summed E-state index contributed by atoms with van der Waals surface area (Å²) in [5, 5.41) is 0. The second-order valence-corrected chi connectivity index (χ2v) is 3.81. The van der Waals surface area contributed by atoms with Crippen molar-refractivity contribution in [3.63, 3.8) is 0 Å². The van der Waals surface area contributed by atoms with Crippen LogP contribution in [0.3, 0.4) is 0 Å². The largest absolute Gasteiger partial charge is 0.461 e. The van der Waals surface area contributed by atoms with Crippen molar-refractivity contribution in [3.8, 4) is 0 Å².